The summed E-state index contributed by atoms with van der Waals surface area (Å²) in [6.45, 7) is 1.89. The van der Waals surface area contributed by atoms with E-state index in [0.717, 1.165) is 5.65 Å². The Morgan fingerprint density at radius 1 is 1.12 bits per heavy atom. The number of hydrogen-bond acceptors (Lipinski definition) is 6. The SMILES string of the molecule is C[C@H](Nc1ncnc2c1ncn2PI)c1nc2ccc(F)cc2c(=O)n1-c1ccccc1. The van der Waals surface area contributed by atoms with Crippen molar-refractivity contribution in [2.75, 3.05) is 5.32 Å². The third-order valence-electron chi connectivity index (χ3n) is 5.04. The van der Waals surface area contributed by atoms with Crippen LogP contribution in [0.25, 0.3) is 27.8 Å². The molecular weight excluding hydrogens is 543 g/mol. The summed E-state index contributed by atoms with van der Waals surface area (Å²) in [7, 11) is 0. The number of halogens is 2. The van der Waals surface area contributed by atoms with Gasteiger partial charge in [0.2, 0.25) is 0 Å². The number of anilines is 1. The van der Waals surface area contributed by atoms with Crippen molar-refractivity contribution >= 4 is 56.3 Å². The summed E-state index contributed by atoms with van der Waals surface area (Å²) in [5.74, 6) is 0.538. The fraction of sp³-hybridized carbons (Fsp3) is 0.0952. The van der Waals surface area contributed by atoms with E-state index in [0.29, 0.717) is 34.7 Å². The van der Waals surface area contributed by atoms with Crippen molar-refractivity contribution in [3.05, 3.63) is 83.2 Å². The minimum atomic E-state index is -0.482. The van der Waals surface area contributed by atoms with Crippen LogP contribution in [0.1, 0.15) is 18.8 Å². The number of para-hydroxylation sites is 1. The second kappa shape index (κ2) is 8.51. The highest BCUT2D eigenvalue weighted by molar-refractivity contribution is 14.2. The Balaban J connectivity index is 1.67. The van der Waals surface area contributed by atoms with E-state index in [-0.39, 0.29) is 10.9 Å². The van der Waals surface area contributed by atoms with Crippen LogP contribution in [0, 0.1) is 5.82 Å². The summed E-state index contributed by atoms with van der Waals surface area (Å²) in [6.07, 6.45) is 3.66. The molecule has 2 atom stereocenters. The number of fused-ring (bicyclic) bond motifs is 2. The minimum absolute atomic E-state index is 0.219. The minimum Gasteiger partial charge on any atom is -0.358 e. The summed E-state index contributed by atoms with van der Waals surface area (Å²) in [6, 6.07) is 12.8. The first-order valence-corrected chi connectivity index (χ1v) is 13.7. The normalized spacial score (nSPS) is 12.7. The Labute approximate surface area is 196 Å². The van der Waals surface area contributed by atoms with E-state index < -0.39 is 11.9 Å². The molecule has 160 valence electrons. The lowest BCUT2D eigenvalue weighted by Crippen LogP contribution is -2.27. The van der Waals surface area contributed by atoms with Crippen LogP contribution in [0.5, 0.6) is 0 Å². The molecule has 0 aliphatic heterocycles. The molecule has 8 nitrogen and oxygen atoms in total. The molecule has 5 aromatic rings. The predicted octanol–water partition coefficient (Wildman–Crippen LogP) is 4.63. The van der Waals surface area contributed by atoms with Gasteiger partial charge in [0.05, 0.1) is 29.0 Å². The molecule has 11 heteroatoms. The van der Waals surface area contributed by atoms with E-state index in [1.54, 1.807) is 6.33 Å². The van der Waals surface area contributed by atoms with Crippen molar-refractivity contribution in [1.29, 1.82) is 0 Å². The van der Waals surface area contributed by atoms with Crippen LogP contribution in [-0.2, 0) is 0 Å². The lowest BCUT2D eigenvalue weighted by Gasteiger charge is -2.20. The van der Waals surface area contributed by atoms with Crippen LogP contribution in [0.3, 0.4) is 0 Å². The fourth-order valence-electron chi connectivity index (χ4n) is 3.56. The molecule has 1 unspecified atom stereocenters. The number of aromatic nitrogens is 6. The highest BCUT2D eigenvalue weighted by atomic mass is 127. The molecule has 1 N–H and O–H groups in total. The summed E-state index contributed by atoms with van der Waals surface area (Å²) >= 11 is 2.26. The Bertz CT molecular complexity index is 1510. The number of nitrogens with one attached hydrogen (secondary N) is 1. The van der Waals surface area contributed by atoms with E-state index in [4.69, 9.17) is 4.98 Å². The van der Waals surface area contributed by atoms with E-state index in [9.17, 15) is 9.18 Å². The lowest BCUT2D eigenvalue weighted by molar-refractivity contribution is 0.629. The number of benzene rings is 2. The average Bonchev–Trinajstić information content (AvgIpc) is 3.24. The zero-order chi connectivity index (χ0) is 22.2. The molecule has 0 saturated carbocycles. The molecule has 0 radical (unpaired) electrons. The summed E-state index contributed by atoms with van der Waals surface area (Å²) in [5, 5.41) is 3.55. The Morgan fingerprint density at radius 2 is 1.94 bits per heavy atom. The molecule has 3 aromatic heterocycles. The standard InChI is InChI=1S/C21H16FIN7OP/c1-12(27-18-17-20(25-10-24-18)29(32-23)11-26-17)19-28-16-8-7-13(22)9-15(16)21(31)30(19)14-5-3-2-4-6-14/h2-12,32H,1H3,(H,24,25,27)/t12-/m0/s1. The molecule has 32 heavy (non-hydrogen) atoms. The van der Waals surface area contributed by atoms with Crippen LogP contribution < -0.4 is 10.9 Å². The van der Waals surface area contributed by atoms with Gasteiger partial charge in [-0.05, 0) is 59.3 Å². The van der Waals surface area contributed by atoms with Crippen molar-refractivity contribution < 1.29 is 4.39 Å². The Kier molecular flexibility index (Phi) is 5.56. The number of imidazole rings is 1. The molecule has 2 aromatic carbocycles. The van der Waals surface area contributed by atoms with E-state index in [1.165, 1.54) is 29.1 Å². The van der Waals surface area contributed by atoms with Gasteiger partial charge < -0.3 is 5.32 Å². The van der Waals surface area contributed by atoms with Gasteiger partial charge >= 0.3 is 0 Å². The monoisotopic (exact) mass is 559 g/mol. The van der Waals surface area contributed by atoms with Gasteiger partial charge in [-0.25, -0.2) is 24.3 Å². The largest absolute Gasteiger partial charge is 0.358 e. The first kappa shape index (κ1) is 20.9. The van der Waals surface area contributed by atoms with Crippen molar-refractivity contribution in [1.82, 2.24) is 28.8 Å². The van der Waals surface area contributed by atoms with E-state index in [2.05, 4.69) is 42.3 Å². The number of hydrogen-bond donors (Lipinski definition) is 1. The number of nitrogens with zero attached hydrogens (tertiary/aromatic N) is 6. The third-order valence-corrected chi connectivity index (χ3v) is 7.10. The van der Waals surface area contributed by atoms with Gasteiger partial charge in [-0.1, -0.05) is 18.2 Å². The van der Waals surface area contributed by atoms with Crippen molar-refractivity contribution in [3.8, 4) is 5.69 Å². The molecule has 3 heterocycles. The van der Waals surface area contributed by atoms with Crippen molar-refractivity contribution in [2.45, 2.75) is 13.0 Å². The lowest BCUT2D eigenvalue weighted by atomic mass is 10.2. The van der Waals surface area contributed by atoms with Crippen LogP contribution in [0.2, 0.25) is 0 Å². The summed E-state index contributed by atoms with van der Waals surface area (Å²) < 4.78 is 17.3. The smallest absolute Gasteiger partial charge is 0.266 e. The zero-order valence-electron chi connectivity index (χ0n) is 16.7. The summed E-state index contributed by atoms with van der Waals surface area (Å²) in [5.41, 5.74) is 2.09. The third kappa shape index (κ3) is 3.63. The van der Waals surface area contributed by atoms with Gasteiger partial charge in [0, 0.05) is 0 Å². The van der Waals surface area contributed by atoms with Gasteiger partial charge in [-0.3, -0.25) is 13.7 Å². The molecule has 0 spiro atoms. The molecule has 0 saturated heterocycles. The quantitative estimate of drug-likeness (QED) is 0.250. The van der Waals surface area contributed by atoms with Crippen molar-refractivity contribution in [3.63, 3.8) is 0 Å². The average molecular weight is 559 g/mol. The predicted molar refractivity (Wildman–Crippen MR) is 132 cm³/mol. The molecule has 0 fully saturated rings. The zero-order valence-corrected chi connectivity index (χ0v) is 19.9. The molecule has 0 bridgehead atoms. The summed E-state index contributed by atoms with van der Waals surface area (Å²) in [4.78, 5) is 31.2. The maximum absolute atomic E-state index is 13.9. The number of rotatable bonds is 5. The highest BCUT2D eigenvalue weighted by Crippen LogP contribution is 2.30. The van der Waals surface area contributed by atoms with Gasteiger partial charge in [0.1, 0.15) is 24.3 Å². The Hall–Kier alpha value is -2.98. The molecule has 0 amide bonds. The molecule has 5 rings (SSSR count). The second-order valence-electron chi connectivity index (χ2n) is 7.07. The maximum Gasteiger partial charge on any atom is 0.266 e. The van der Waals surface area contributed by atoms with Crippen LogP contribution in [0.15, 0.2) is 66.0 Å². The van der Waals surface area contributed by atoms with Gasteiger partial charge in [-0.15, -0.1) is 0 Å². The van der Waals surface area contributed by atoms with Crippen molar-refractivity contribution in [2.24, 2.45) is 0 Å². The highest BCUT2D eigenvalue weighted by Gasteiger charge is 2.20. The molecule has 0 aliphatic rings. The topological polar surface area (TPSA) is 90.5 Å². The van der Waals surface area contributed by atoms with Gasteiger partial charge in [0.15, 0.2) is 17.0 Å². The second-order valence-corrected chi connectivity index (χ2v) is 9.17. The first-order valence-electron chi connectivity index (χ1n) is 9.65. The van der Waals surface area contributed by atoms with Gasteiger partial charge in [-0.2, -0.15) is 0 Å². The maximum atomic E-state index is 13.9. The fourth-order valence-corrected chi connectivity index (χ4v) is 4.97. The Morgan fingerprint density at radius 3 is 2.72 bits per heavy atom. The van der Waals surface area contributed by atoms with Crippen LogP contribution in [0.4, 0.5) is 10.2 Å². The van der Waals surface area contributed by atoms with Crippen LogP contribution in [-0.4, -0.2) is 28.8 Å². The van der Waals surface area contributed by atoms with E-state index >= 15 is 0 Å². The first-order chi connectivity index (χ1) is 15.6. The molecular formula is C21H16FIN7OP. The van der Waals surface area contributed by atoms with E-state index in [1.807, 2.05) is 41.6 Å². The molecule has 0 aliphatic carbocycles. The van der Waals surface area contributed by atoms with Crippen LogP contribution >= 0.6 is 28.4 Å². The van der Waals surface area contributed by atoms with Gasteiger partial charge in [0.25, 0.3) is 5.56 Å².